The van der Waals surface area contributed by atoms with Crippen LogP contribution < -0.4 is 5.32 Å². The number of fused-ring (bicyclic) bond motifs is 1. The van der Waals surface area contributed by atoms with E-state index in [1.54, 1.807) is 16.8 Å². The van der Waals surface area contributed by atoms with Gasteiger partial charge in [0.05, 0.1) is 12.0 Å². The Morgan fingerprint density at radius 1 is 1.23 bits per heavy atom. The highest BCUT2D eigenvalue weighted by Gasteiger charge is 2.44. The number of aliphatic hydroxyl groups is 2. The summed E-state index contributed by atoms with van der Waals surface area (Å²) in [7, 11) is -4.35. The predicted molar refractivity (Wildman–Crippen MR) is 112 cm³/mol. The van der Waals surface area contributed by atoms with Crippen molar-refractivity contribution in [1.29, 1.82) is 0 Å². The Morgan fingerprint density at radius 3 is 2.68 bits per heavy atom. The number of anilines is 1. The van der Waals surface area contributed by atoms with Gasteiger partial charge in [0.1, 0.15) is 36.1 Å². The van der Waals surface area contributed by atoms with Crippen molar-refractivity contribution in [3.05, 3.63) is 17.5 Å². The highest BCUT2D eigenvalue weighted by atomic mass is 35.5. The Morgan fingerprint density at radius 2 is 1.97 bits per heavy atom. The Balaban J connectivity index is 1.54. The van der Waals surface area contributed by atoms with Crippen LogP contribution in [0.3, 0.4) is 0 Å². The second-order valence-corrected chi connectivity index (χ2v) is 9.92. The van der Waals surface area contributed by atoms with Crippen molar-refractivity contribution >= 4 is 36.0 Å². The molecule has 2 aliphatic rings. The fraction of sp³-hybridized carbons (Fsp3) is 0.667. The van der Waals surface area contributed by atoms with Gasteiger partial charge in [0.2, 0.25) is 5.28 Å². The van der Waals surface area contributed by atoms with Gasteiger partial charge >= 0.3 is 7.60 Å². The molecule has 1 aliphatic carbocycles. The van der Waals surface area contributed by atoms with E-state index in [0.717, 1.165) is 25.7 Å². The van der Waals surface area contributed by atoms with Crippen LogP contribution in [0.2, 0.25) is 5.28 Å². The van der Waals surface area contributed by atoms with Gasteiger partial charge in [0.25, 0.3) is 0 Å². The number of hydrogen-bond acceptors (Lipinski definition) is 8. The van der Waals surface area contributed by atoms with Crippen LogP contribution in [0.4, 0.5) is 5.82 Å². The first-order valence-corrected chi connectivity index (χ1v) is 12.3. The first-order chi connectivity index (χ1) is 14.7. The van der Waals surface area contributed by atoms with Crippen molar-refractivity contribution in [2.24, 2.45) is 0 Å². The second-order valence-electron chi connectivity index (χ2n) is 7.99. The quantitative estimate of drug-likeness (QED) is 0.293. The molecule has 11 nitrogen and oxygen atoms in total. The van der Waals surface area contributed by atoms with E-state index in [-0.39, 0.29) is 11.9 Å². The van der Waals surface area contributed by atoms with E-state index in [2.05, 4.69) is 15.3 Å². The van der Waals surface area contributed by atoms with Crippen LogP contribution in [-0.4, -0.2) is 71.8 Å². The lowest BCUT2D eigenvalue weighted by Gasteiger charge is -2.23. The number of halogens is 1. The lowest BCUT2D eigenvalue weighted by Crippen LogP contribution is -2.33. The molecule has 0 amide bonds. The van der Waals surface area contributed by atoms with Gasteiger partial charge in [0, 0.05) is 12.2 Å². The third-order valence-electron chi connectivity index (χ3n) is 5.64. The summed E-state index contributed by atoms with van der Waals surface area (Å²) >= 11 is 6.16. The lowest BCUT2D eigenvalue weighted by atomic mass is 9.95. The Labute approximate surface area is 183 Å². The molecule has 31 heavy (non-hydrogen) atoms. The van der Waals surface area contributed by atoms with Crippen LogP contribution in [0.5, 0.6) is 0 Å². The van der Waals surface area contributed by atoms with E-state index >= 15 is 0 Å². The third-order valence-corrected chi connectivity index (χ3v) is 6.33. The standard InChI is InChI=1S/C18H26ClN4O7P/c19-18-21-15(20-10-4-2-1-3-5-10)11-6-7-23(16(11)22-18)17-14(25)13(24)12(30-17)8-29-9-31(26,27)28/h6-7,10,12-14,17,24-25H,1-5,8-9H2,(H,20,21,22)(H2,26,27,28)/t12-,13-,14-,17-/m1/s1. The zero-order valence-electron chi connectivity index (χ0n) is 16.7. The Hall–Kier alpha value is -1.30. The molecule has 2 aromatic heterocycles. The molecule has 0 bridgehead atoms. The fourth-order valence-electron chi connectivity index (χ4n) is 4.15. The molecule has 0 radical (unpaired) electrons. The van der Waals surface area contributed by atoms with Crippen LogP contribution in [-0.2, 0) is 14.0 Å². The molecule has 4 atom stereocenters. The van der Waals surface area contributed by atoms with Crippen LogP contribution in [0.15, 0.2) is 12.3 Å². The predicted octanol–water partition coefficient (Wildman–Crippen LogP) is 1.60. The summed E-state index contributed by atoms with van der Waals surface area (Å²) in [5.74, 6) is 0.607. The highest BCUT2D eigenvalue weighted by Crippen LogP contribution is 2.37. The van der Waals surface area contributed by atoms with E-state index < -0.39 is 38.5 Å². The first-order valence-electron chi connectivity index (χ1n) is 10.2. The summed E-state index contributed by atoms with van der Waals surface area (Å²) in [6.07, 6.45) is 1.95. The molecule has 0 unspecified atom stereocenters. The molecular formula is C18H26ClN4O7P. The summed E-state index contributed by atoms with van der Waals surface area (Å²) in [6.45, 7) is -0.288. The number of aromatic nitrogens is 3. The average Bonchev–Trinajstić information content (AvgIpc) is 3.24. The van der Waals surface area contributed by atoms with Gasteiger partial charge in [-0.15, -0.1) is 0 Å². The van der Waals surface area contributed by atoms with E-state index in [9.17, 15) is 14.8 Å². The number of hydrogen-bond donors (Lipinski definition) is 5. The van der Waals surface area contributed by atoms with Gasteiger partial charge in [-0.05, 0) is 30.5 Å². The van der Waals surface area contributed by atoms with Crippen LogP contribution >= 0.6 is 19.2 Å². The molecule has 2 aromatic rings. The van der Waals surface area contributed by atoms with Gasteiger partial charge in [-0.2, -0.15) is 4.98 Å². The van der Waals surface area contributed by atoms with E-state index in [1.165, 1.54) is 6.42 Å². The number of nitrogens with zero attached hydrogens (tertiary/aromatic N) is 3. The number of aliphatic hydroxyl groups excluding tert-OH is 2. The molecular weight excluding hydrogens is 451 g/mol. The third kappa shape index (κ3) is 5.20. The number of rotatable bonds is 7. The summed E-state index contributed by atoms with van der Waals surface area (Å²) in [6, 6.07) is 2.09. The Bertz CT molecular complexity index is 964. The maximum Gasteiger partial charge on any atom is 0.350 e. The SMILES string of the molecule is O=P(O)(O)COC[C@H]1O[C@@H](n2ccc3c(NC4CCCCC4)nc(Cl)nc32)[C@H](O)[C@@H]1O. The Kier molecular flexibility index (Phi) is 6.85. The van der Waals surface area contributed by atoms with Gasteiger partial charge in [-0.1, -0.05) is 19.3 Å². The van der Waals surface area contributed by atoms with Crippen LogP contribution in [0, 0.1) is 0 Å². The summed E-state index contributed by atoms with van der Waals surface area (Å²) in [4.78, 5) is 26.4. The minimum Gasteiger partial charge on any atom is -0.387 e. The molecule has 1 aliphatic heterocycles. The molecule has 172 valence electrons. The van der Waals surface area contributed by atoms with Gasteiger partial charge in [-0.25, -0.2) is 4.98 Å². The maximum absolute atomic E-state index is 10.9. The van der Waals surface area contributed by atoms with Crippen molar-refractivity contribution in [1.82, 2.24) is 14.5 Å². The largest absolute Gasteiger partial charge is 0.387 e. The molecule has 0 spiro atoms. The summed E-state index contributed by atoms with van der Waals surface area (Å²) in [5.41, 5.74) is 0.436. The molecule has 4 rings (SSSR count). The second kappa shape index (κ2) is 9.29. The minimum absolute atomic E-state index is 0.0420. The fourth-order valence-corrected chi connectivity index (χ4v) is 4.65. The van der Waals surface area contributed by atoms with E-state index in [0.29, 0.717) is 22.9 Å². The van der Waals surface area contributed by atoms with Crippen molar-refractivity contribution in [2.45, 2.75) is 62.7 Å². The van der Waals surface area contributed by atoms with Crippen LogP contribution in [0.1, 0.15) is 38.3 Å². The molecule has 2 fully saturated rings. The molecule has 5 N–H and O–H groups in total. The van der Waals surface area contributed by atoms with Crippen molar-refractivity contribution in [2.75, 3.05) is 18.3 Å². The molecule has 1 saturated heterocycles. The minimum atomic E-state index is -4.35. The molecule has 3 heterocycles. The van der Waals surface area contributed by atoms with Crippen molar-refractivity contribution in [3.8, 4) is 0 Å². The van der Waals surface area contributed by atoms with Crippen LogP contribution in [0.25, 0.3) is 11.0 Å². The zero-order chi connectivity index (χ0) is 22.2. The van der Waals surface area contributed by atoms with Gasteiger partial charge in [-0.3, -0.25) is 4.57 Å². The monoisotopic (exact) mass is 476 g/mol. The zero-order valence-corrected chi connectivity index (χ0v) is 18.3. The molecule has 13 heteroatoms. The van der Waals surface area contributed by atoms with Crippen molar-refractivity contribution < 1.29 is 34.0 Å². The van der Waals surface area contributed by atoms with E-state index in [1.807, 2.05) is 0 Å². The van der Waals surface area contributed by atoms with Gasteiger partial charge in [0.15, 0.2) is 6.23 Å². The molecule has 0 aromatic carbocycles. The lowest BCUT2D eigenvalue weighted by molar-refractivity contribution is -0.0610. The van der Waals surface area contributed by atoms with Gasteiger partial charge < -0.3 is 39.4 Å². The highest BCUT2D eigenvalue weighted by molar-refractivity contribution is 7.51. The average molecular weight is 477 g/mol. The summed E-state index contributed by atoms with van der Waals surface area (Å²) < 4.78 is 23.2. The number of ether oxygens (including phenoxy) is 2. The maximum atomic E-state index is 10.9. The first kappa shape index (κ1) is 22.9. The summed E-state index contributed by atoms with van der Waals surface area (Å²) in [5, 5.41) is 25.0. The molecule has 1 saturated carbocycles. The smallest absolute Gasteiger partial charge is 0.350 e. The number of nitrogens with one attached hydrogen (secondary N) is 1. The van der Waals surface area contributed by atoms with E-state index in [4.69, 9.17) is 30.9 Å². The topological polar surface area (TPSA) is 159 Å². The van der Waals surface area contributed by atoms with Crippen molar-refractivity contribution in [3.63, 3.8) is 0 Å². The normalized spacial score (nSPS) is 27.8.